The summed E-state index contributed by atoms with van der Waals surface area (Å²) >= 11 is 3.55. The van der Waals surface area contributed by atoms with Crippen LogP contribution in [-0.4, -0.2) is 29.9 Å². The lowest BCUT2D eigenvalue weighted by Crippen LogP contribution is -2.35. The lowest BCUT2D eigenvalue weighted by atomic mass is 10.1. The molecule has 2 aromatic carbocycles. The summed E-state index contributed by atoms with van der Waals surface area (Å²) in [6.45, 7) is 2.89. The predicted molar refractivity (Wildman–Crippen MR) is 99.6 cm³/mol. The fourth-order valence-corrected chi connectivity index (χ4v) is 3.46. The molecular formula is C20H20BrNO3. The highest BCUT2D eigenvalue weighted by Gasteiger charge is 2.37. The van der Waals surface area contributed by atoms with Crippen LogP contribution in [0, 0.1) is 0 Å². The molecule has 0 saturated heterocycles. The molecule has 1 aliphatic rings. The van der Waals surface area contributed by atoms with E-state index in [1.165, 1.54) is 4.90 Å². The van der Waals surface area contributed by atoms with Crippen molar-refractivity contribution < 1.29 is 14.3 Å². The quantitative estimate of drug-likeness (QED) is 0.502. The van der Waals surface area contributed by atoms with Crippen molar-refractivity contribution in [2.24, 2.45) is 0 Å². The third-order valence-corrected chi connectivity index (χ3v) is 5.02. The number of imide groups is 1. The molecule has 5 heteroatoms. The van der Waals surface area contributed by atoms with Gasteiger partial charge in [-0.3, -0.25) is 14.5 Å². The highest BCUT2D eigenvalue weighted by atomic mass is 79.9. The Hall–Kier alpha value is -1.98. The maximum absolute atomic E-state index is 12.6. The van der Waals surface area contributed by atoms with E-state index in [0.29, 0.717) is 17.7 Å². The number of hydrogen-bond acceptors (Lipinski definition) is 3. The number of fused-ring (bicyclic) bond motifs is 1. The van der Waals surface area contributed by atoms with Gasteiger partial charge in [-0.05, 0) is 30.2 Å². The number of hydrogen-bond donors (Lipinski definition) is 0. The van der Waals surface area contributed by atoms with Crippen LogP contribution in [0.2, 0.25) is 0 Å². The maximum atomic E-state index is 12.6. The van der Waals surface area contributed by atoms with E-state index < -0.39 is 0 Å². The van der Waals surface area contributed by atoms with Gasteiger partial charge in [-0.15, -0.1) is 0 Å². The molecule has 2 aromatic rings. The van der Waals surface area contributed by atoms with E-state index in [0.717, 1.165) is 22.9 Å². The van der Waals surface area contributed by atoms with E-state index in [-0.39, 0.29) is 24.5 Å². The minimum Gasteiger partial charge on any atom is -0.372 e. The first-order valence-corrected chi connectivity index (χ1v) is 9.24. The number of halogens is 1. The molecule has 4 nitrogen and oxygen atoms in total. The highest BCUT2D eigenvalue weighted by molar-refractivity contribution is 9.10. The van der Waals surface area contributed by atoms with Gasteiger partial charge >= 0.3 is 0 Å². The molecule has 1 heterocycles. The number of nitrogens with zero attached hydrogens (tertiary/aromatic N) is 1. The van der Waals surface area contributed by atoms with Gasteiger partial charge < -0.3 is 4.74 Å². The molecule has 0 aromatic heterocycles. The molecule has 1 atom stereocenters. The molecule has 0 spiro atoms. The van der Waals surface area contributed by atoms with Crippen LogP contribution in [0.3, 0.4) is 0 Å². The van der Waals surface area contributed by atoms with Crippen molar-refractivity contribution in [2.45, 2.75) is 25.9 Å². The Bertz CT molecular complexity index is 755. The second-order valence-electron chi connectivity index (χ2n) is 6.00. The fraction of sp³-hybridized carbons (Fsp3) is 0.300. The summed E-state index contributed by atoms with van der Waals surface area (Å²) in [5.74, 6) is -0.506. The van der Waals surface area contributed by atoms with Crippen LogP contribution in [0.5, 0.6) is 0 Å². The summed E-state index contributed by atoms with van der Waals surface area (Å²) in [5.41, 5.74) is 1.87. The average molecular weight is 402 g/mol. The van der Waals surface area contributed by atoms with Crippen molar-refractivity contribution in [3.05, 3.63) is 69.7 Å². The number of rotatable bonds is 7. The molecule has 25 heavy (non-hydrogen) atoms. The molecule has 2 amide bonds. The fourth-order valence-electron chi connectivity index (χ4n) is 2.92. The van der Waals surface area contributed by atoms with E-state index in [1.54, 1.807) is 24.3 Å². The summed E-state index contributed by atoms with van der Waals surface area (Å²) in [5, 5.41) is 0. The molecule has 1 aliphatic heterocycles. The van der Waals surface area contributed by atoms with Crippen molar-refractivity contribution in [3.63, 3.8) is 0 Å². The molecule has 130 valence electrons. The largest absolute Gasteiger partial charge is 0.372 e. The van der Waals surface area contributed by atoms with Gasteiger partial charge in [0, 0.05) is 11.1 Å². The van der Waals surface area contributed by atoms with Crippen LogP contribution < -0.4 is 0 Å². The lowest BCUT2D eigenvalue weighted by Gasteiger charge is -2.24. The highest BCUT2D eigenvalue weighted by Crippen LogP contribution is 2.30. The Morgan fingerprint density at radius 2 is 1.60 bits per heavy atom. The molecule has 3 rings (SSSR count). The maximum Gasteiger partial charge on any atom is 0.261 e. The topological polar surface area (TPSA) is 46.6 Å². The monoisotopic (exact) mass is 401 g/mol. The number of amides is 2. The first-order chi connectivity index (χ1) is 12.1. The summed E-state index contributed by atoms with van der Waals surface area (Å²) in [4.78, 5) is 26.5. The summed E-state index contributed by atoms with van der Waals surface area (Å²) in [6, 6.07) is 14.7. The molecule has 0 aliphatic carbocycles. The zero-order valence-corrected chi connectivity index (χ0v) is 15.7. The van der Waals surface area contributed by atoms with Crippen molar-refractivity contribution in [2.75, 3.05) is 13.2 Å². The Balaban J connectivity index is 1.85. The first kappa shape index (κ1) is 17.8. The van der Waals surface area contributed by atoms with Gasteiger partial charge in [-0.1, -0.05) is 59.6 Å². The van der Waals surface area contributed by atoms with Crippen LogP contribution >= 0.6 is 15.9 Å². The third-order valence-electron chi connectivity index (χ3n) is 4.30. The van der Waals surface area contributed by atoms with Crippen molar-refractivity contribution >= 4 is 27.7 Å². The first-order valence-electron chi connectivity index (χ1n) is 8.44. The van der Waals surface area contributed by atoms with E-state index in [9.17, 15) is 9.59 Å². The second-order valence-corrected chi connectivity index (χ2v) is 6.86. The van der Waals surface area contributed by atoms with Crippen LogP contribution in [-0.2, 0) is 4.74 Å². The minimum absolute atomic E-state index is 0.207. The summed E-state index contributed by atoms with van der Waals surface area (Å²) in [7, 11) is 0. The molecule has 0 radical (unpaired) electrons. The van der Waals surface area contributed by atoms with Gasteiger partial charge in [0.05, 0.1) is 17.7 Å². The van der Waals surface area contributed by atoms with Crippen molar-refractivity contribution in [1.29, 1.82) is 0 Å². The van der Waals surface area contributed by atoms with E-state index >= 15 is 0 Å². The smallest absolute Gasteiger partial charge is 0.261 e. The van der Waals surface area contributed by atoms with Gasteiger partial charge in [0.1, 0.15) is 6.10 Å². The zero-order valence-electron chi connectivity index (χ0n) is 14.1. The van der Waals surface area contributed by atoms with Gasteiger partial charge in [0.25, 0.3) is 11.8 Å². The standard InChI is InChI=1S/C20H20BrNO3/c1-2-3-12-25-18(16-10-6-7-11-17(16)21)13-22-19(23)14-8-4-5-9-15(14)20(22)24/h4-11,18H,2-3,12-13H2,1H3/t18-/m0/s1. The van der Waals surface area contributed by atoms with Gasteiger partial charge in [-0.2, -0.15) is 0 Å². The van der Waals surface area contributed by atoms with Crippen molar-refractivity contribution in [3.8, 4) is 0 Å². The summed E-state index contributed by atoms with van der Waals surface area (Å²) < 4.78 is 6.94. The van der Waals surface area contributed by atoms with Crippen LogP contribution in [0.25, 0.3) is 0 Å². The number of carbonyl (C=O) groups is 2. The Morgan fingerprint density at radius 1 is 1.00 bits per heavy atom. The van der Waals surface area contributed by atoms with E-state index in [1.807, 2.05) is 24.3 Å². The summed E-state index contributed by atoms with van der Waals surface area (Å²) in [6.07, 6.45) is 1.60. The minimum atomic E-state index is -0.357. The Labute approximate surface area is 155 Å². The van der Waals surface area contributed by atoms with E-state index in [2.05, 4.69) is 22.9 Å². The molecule has 0 fully saturated rings. The van der Waals surface area contributed by atoms with Crippen molar-refractivity contribution in [1.82, 2.24) is 4.90 Å². The number of benzene rings is 2. The predicted octanol–water partition coefficient (Wildman–Crippen LogP) is 4.60. The number of carbonyl (C=O) groups excluding carboxylic acids is 2. The zero-order chi connectivity index (χ0) is 17.8. The van der Waals surface area contributed by atoms with E-state index in [4.69, 9.17) is 4.74 Å². The molecule has 0 N–H and O–H groups in total. The Kier molecular flexibility index (Phi) is 5.66. The van der Waals surface area contributed by atoms with Crippen LogP contribution in [0.15, 0.2) is 53.0 Å². The molecule has 0 bridgehead atoms. The number of unbranched alkanes of at least 4 members (excludes halogenated alkanes) is 1. The van der Waals surface area contributed by atoms with Crippen LogP contribution in [0.1, 0.15) is 52.1 Å². The molecule has 0 unspecified atom stereocenters. The third kappa shape index (κ3) is 3.67. The second kappa shape index (κ2) is 7.93. The average Bonchev–Trinajstić information content (AvgIpc) is 2.87. The molecular weight excluding hydrogens is 382 g/mol. The van der Waals surface area contributed by atoms with Crippen LogP contribution in [0.4, 0.5) is 0 Å². The lowest BCUT2D eigenvalue weighted by molar-refractivity contribution is 0.0222. The SMILES string of the molecule is CCCCO[C@@H](CN1C(=O)c2ccccc2C1=O)c1ccccc1Br. The number of ether oxygens (including phenoxy) is 1. The van der Waals surface area contributed by atoms with Gasteiger partial charge in [0.15, 0.2) is 0 Å². The van der Waals surface area contributed by atoms with Gasteiger partial charge in [-0.25, -0.2) is 0 Å². The molecule has 0 saturated carbocycles. The van der Waals surface area contributed by atoms with Gasteiger partial charge in [0.2, 0.25) is 0 Å². The normalized spacial score (nSPS) is 14.7. The Morgan fingerprint density at radius 3 is 2.20 bits per heavy atom.